The van der Waals surface area contributed by atoms with E-state index in [-0.39, 0.29) is 5.91 Å². The Morgan fingerprint density at radius 3 is 2.42 bits per heavy atom. The van der Waals surface area contributed by atoms with Gasteiger partial charge >= 0.3 is 0 Å². The van der Waals surface area contributed by atoms with Crippen molar-refractivity contribution in [1.29, 1.82) is 0 Å². The first-order chi connectivity index (χ1) is 11.6. The van der Waals surface area contributed by atoms with Crippen LogP contribution in [0.2, 0.25) is 5.02 Å². The van der Waals surface area contributed by atoms with Gasteiger partial charge < -0.3 is 10.1 Å². The third kappa shape index (κ3) is 5.89. The smallest absolute Gasteiger partial charge is 0.261 e. The lowest BCUT2D eigenvalue weighted by Crippen LogP contribution is -2.38. The van der Waals surface area contributed by atoms with Gasteiger partial charge in [0, 0.05) is 11.6 Å². The van der Waals surface area contributed by atoms with Crippen molar-refractivity contribution in [3.8, 4) is 5.75 Å². The highest BCUT2D eigenvalue weighted by Crippen LogP contribution is 2.15. The van der Waals surface area contributed by atoms with Gasteiger partial charge in [-0.25, -0.2) is 0 Å². The van der Waals surface area contributed by atoms with E-state index in [1.54, 1.807) is 0 Å². The summed E-state index contributed by atoms with van der Waals surface area (Å²) in [6, 6.07) is 15.5. The summed E-state index contributed by atoms with van der Waals surface area (Å²) in [6.07, 6.45) is 1.97. The summed E-state index contributed by atoms with van der Waals surface area (Å²) >= 11 is 5.87. The number of hydrogen-bond donors (Lipinski definition) is 1. The summed E-state index contributed by atoms with van der Waals surface area (Å²) < 4.78 is 5.78. The molecular formula is C20H24ClNO2. The first kappa shape index (κ1) is 18.3. The van der Waals surface area contributed by atoms with Crippen molar-refractivity contribution < 1.29 is 9.53 Å². The molecule has 0 fully saturated rings. The maximum atomic E-state index is 12.2. The van der Waals surface area contributed by atoms with Crippen LogP contribution in [-0.2, 0) is 11.2 Å². The van der Waals surface area contributed by atoms with Crippen molar-refractivity contribution in [3.05, 3.63) is 64.7 Å². The largest absolute Gasteiger partial charge is 0.481 e. The second kappa shape index (κ2) is 9.33. The van der Waals surface area contributed by atoms with Crippen LogP contribution in [0.15, 0.2) is 48.5 Å². The number of carbonyl (C=O) groups excluding carboxylic acids is 1. The summed E-state index contributed by atoms with van der Waals surface area (Å²) in [6.45, 7) is 4.61. The lowest BCUT2D eigenvalue weighted by Gasteiger charge is -2.17. The van der Waals surface area contributed by atoms with E-state index in [0.29, 0.717) is 13.0 Å². The molecule has 2 aromatic carbocycles. The third-order valence-corrected chi connectivity index (χ3v) is 4.07. The predicted octanol–water partition coefficient (Wildman–Crippen LogP) is 4.55. The molecule has 0 aliphatic rings. The Kier molecular flexibility index (Phi) is 7.13. The van der Waals surface area contributed by atoms with E-state index in [0.717, 1.165) is 23.6 Å². The molecule has 4 heteroatoms. The van der Waals surface area contributed by atoms with Gasteiger partial charge in [0.1, 0.15) is 5.75 Å². The molecule has 0 spiro atoms. The molecule has 0 bridgehead atoms. The minimum absolute atomic E-state index is 0.0609. The molecule has 24 heavy (non-hydrogen) atoms. The van der Waals surface area contributed by atoms with Crippen molar-refractivity contribution in [3.63, 3.8) is 0 Å². The molecular weight excluding hydrogens is 322 g/mol. The van der Waals surface area contributed by atoms with Gasteiger partial charge in [-0.3, -0.25) is 4.79 Å². The molecule has 0 saturated heterocycles. The number of benzene rings is 2. The number of carbonyl (C=O) groups is 1. The topological polar surface area (TPSA) is 38.3 Å². The van der Waals surface area contributed by atoms with Crippen LogP contribution in [0.3, 0.4) is 0 Å². The van der Waals surface area contributed by atoms with E-state index in [1.165, 1.54) is 11.1 Å². The van der Waals surface area contributed by atoms with E-state index in [4.69, 9.17) is 16.3 Å². The Morgan fingerprint density at radius 2 is 1.79 bits per heavy atom. The SMILES string of the molecule is CC[C@H](Oc1ccc(C)cc1)C(=O)NCCCc1ccc(Cl)cc1. The molecule has 2 aromatic rings. The summed E-state index contributed by atoms with van der Waals surface area (Å²) in [5.74, 6) is 0.665. The molecule has 0 aliphatic carbocycles. The minimum Gasteiger partial charge on any atom is -0.481 e. The summed E-state index contributed by atoms with van der Waals surface area (Å²) in [7, 11) is 0. The Morgan fingerprint density at radius 1 is 1.12 bits per heavy atom. The number of nitrogens with one attached hydrogen (secondary N) is 1. The van der Waals surface area contributed by atoms with Crippen molar-refractivity contribution in [1.82, 2.24) is 5.32 Å². The first-order valence-corrected chi connectivity index (χ1v) is 8.71. The third-order valence-electron chi connectivity index (χ3n) is 3.82. The number of aryl methyl sites for hydroxylation is 2. The van der Waals surface area contributed by atoms with Crippen LogP contribution in [0.1, 0.15) is 30.9 Å². The quantitative estimate of drug-likeness (QED) is 0.712. The Balaban J connectivity index is 1.75. The highest BCUT2D eigenvalue weighted by molar-refractivity contribution is 6.30. The van der Waals surface area contributed by atoms with Crippen LogP contribution in [0.4, 0.5) is 0 Å². The fraction of sp³-hybridized carbons (Fsp3) is 0.350. The van der Waals surface area contributed by atoms with E-state index >= 15 is 0 Å². The molecule has 0 heterocycles. The Labute approximate surface area is 149 Å². The van der Waals surface area contributed by atoms with Crippen LogP contribution in [0, 0.1) is 6.92 Å². The van der Waals surface area contributed by atoms with Crippen LogP contribution >= 0.6 is 11.6 Å². The van der Waals surface area contributed by atoms with Crippen molar-refractivity contribution in [2.45, 2.75) is 39.2 Å². The van der Waals surface area contributed by atoms with E-state index in [2.05, 4.69) is 5.32 Å². The summed E-state index contributed by atoms with van der Waals surface area (Å²) in [5.41, 5.74) is 2.39. The summed E-state index contributed by atoms with van der Waals surface area (Å²) in [4.78, 5) is 12.2. The number of amides is 1. The number of halogens is 1. The molecule has 0 aliphatic heterocycles. The fourth-order valence-electron chi connectivity index (χ4n) is 2.37. The number of rotatable bonds is 8. The van der Waals surface area contributed by atoms with Gasteiger partial charge in [0.05, 0.1) is 0 Å². The second-order valence-corrected chi connectivity index (χ2v) is 6.29. The molecule has 1 N–H and O–H groups in total. The first-order valence-electron chi connectivity index (χ1n) is 8.34. The fourth-order valence-corrected chi connectivity index (χ4v) is 2.50. The van der Waals surface area contributed by atoms with Gasteiger partial charge in [-0.2, -0.15) is 0 Å². The van der Waals surface area contributed by atoms with E-state index < -0.39 is 6.10 Å². The van der Waals surface area contributed by atoms with Crippen molar-refractivity contribution >= 4 is 17.5 Å². The van der Waals surface area contributed by atoms with Gasteiger partial charge in [0.25, 0.3) is 5.91 Å². The van der Waals surface area contributed by atoms with Crippen molar-refractivity contribution in [2.75, 3.05) is 6.54 Å². The molecule has 0 radical (unpaired) electrons. The Bertz CT molecular complexity index is 638. The minimum atomic E-state index is -0.455. The second-order valence-electron chi connectivity index (χ2n) is 5.85. The van der Waals surface area contributed by atoms with E-state index in [9.17, 15) is 4.79 Å². The molecule has 0 saturated carbocycles. The average molecular weight is 346 g/mol. The molecule has 0 aromatic heterocycles. The molecule has 1 atom stereocenters. The van der Waals surface area contributed by atoms with E-state index in [1.807, 2.05) is 62.4 Å². The van der Waals surface area contributed by atoms with Gasteiger partial charge in [0.2, 0.25) is 0 Å². The zero-order chi connectivity index (χ0) is 17.4. The molecule has 2 rings (SSSR count). The molecule has 0 unspecified atom stereocenters. The highest BCUT2D eigenvalue weighted by Gasteiger charge is 2.17. The standard InChI is InChI=1S/C20H24ClNO2/c1-3-19(24-18-12-6-15(2)7-13-18)20(23)22-14-4-5-16-8-10-17(21)11-9-16/h6-13,19H,3-5,14H2,1-2H3,(H,22,23)/t19-/m0/s1. The predicted molar refractivity (Wildman–Crippen MR) is 98.7 cm³/mol. The zero-order valence-corrected chi connectivity index (χ0v) is 15.0. The van der Waals surface area contributed by atoms with Crippen LogP contribution in [-0.4, -0.2) is 18.6 Å². The van der Waals surface area contributed by atoms with Crippen LogP contribution < -0.4 is 10.1 Å². The number of hydrogen-bond acceptors (Lipinski definition) is 2. The average Bonchev–Trinajstić information content (AvgIpc) is 2.59. The lowest BCUT2D eigenvalue weighted by molar-refractivity contribution is -0.128. The lowest BCUT2D eigenvalue weighted by atomic mass is 10.1. The van der Waals surface area contributed by atoms with Gasteiger partial charge in [-0.15, -0.1) is 0 Å². The van der Waals surface area contributed by atoms with Gasteiger partial charge in [-0.05, 0) is 56.0 Å². The van der Waals surface area contributed by atoms with Gasteiger partial charge in [0.15, 0.2) is 6.10 Å². The van der Waals surface area contributed by atoms with Crippen LogP contribution in [0.25, 0.3) is 0 Å². The van der Waals surface area contributed by atoms with Crippen LogP contribution in [0.5, 0.6) is 5.75 Å². The van der Waals surface area contributed by atoms with Crippen molar-refractivity contribution in [2.24, 2.45) is 0 Å². The summed E-state index contributed by atoms with van der Waals surface area (Å²) in [5, 5.41) is 3.70. The normalized spacial score (nSPS) is 11.8. The molecule has 1 amide bonds. The highest BCUT2D eigenvalue weighted by atomic mass is 35.5. The zero-order valence-electron chi connectivity index (χ0n) is 14.2. The maximum absolute atomic E-state index is 12.2. The maximum Gasteiger partial charge on any atom is 0.261 e. The molecule has 3 nitrogen and oxygen atoms in total. The monoisotopic (exact) mass is 345 g/mol. The molecule has 128 valence electrons. The Hall–Kier alpha value is -2.00. The van der Waals surface area contributed by atoms with Gasteiger partial charge in [-0.1, -0.05) is 48.4 Å². The number of ether oxygens (including phenoxy) is 1.